The molecule has 1 unspecified atom stereocenters. The van der Waals surface area contributed by atoms with E-state index in [4.69, 9.17) is 0 Å². The molecule has 1 N–H and O–H groups in total. The SMILES string of the molecule is CCCNC(C)CC(F)(F)F. The van der Waals surface area contributed by atoms with Crippen LogP contribution in [0.15, 0.2) is 0 Å². The molecule has 0 aromatic rings. The Balaban J connectivity index is 3.44. The Morgan fingerprint density at radius 2 is 1.91 bits per heavy atom. The molecule has 0 amide bonds. The van der Waals surface area contributed by atoms with Crippen LogP contribution in [0.25, 0.3) is 0 Å². The maximum absolute atomic E-state index is 11.7. The highest BCUT2D eigenvalue weighted by molar-refractivity contribution is 4.64. The molecule has 0 radical (unpaired) electrons. The zero-order chi connectivity index (χ0) is 8.91. The monoisotopic (exact) mass is 169 g/mol. The minimum absolute atomic E-state index is 0.463. The summed E-state index contributed by atoms with van der Waals surface area (Å²) in [5, 5.41) is 2.77. The third-order valence-electron chi connectivity index (χ3n) is 1.28. The molecular weight excluding hydrogens is 155 g/mol. The highest BCUT2D eigenvalue weighted by atomic mass is 19.4. The molecule has 0 aliphatic heterocycles. The lowest BCUT2D eigenvalue weighted by Gasteiger charge is -2.14. The summed E-state index contributed by atoms with van der Waals surface area (Å²) in [6.45, 7) is 4.12. The number of nitrogens with one attached hydrogen (secondary N) is 1. The third kappa shape index (κ3) is 7.65. The Hall–Kier alpha value is -0.250. The molecule has 0 aliphatic rings. The van der Waals surface area contributed by atoms with Crippen LogP contribution in [-0.4, -0.2) is 18.8 Å². The minimum atomic E-state index is -4.04. The summed E-state index contributed by atoms with van der Waals surface area (Å²) in [5.41, 5.74) is 0. The molecule has 4 heteroatoms. The summed E-state index contributed by atoms with van der Waals surface area (Å²) >= 11 is 0. The van der Waals surface area contributed by atoms with E-state index in [1.165, 1.54) is 0 Å². The first-order valence-corrected chi connectivity index (χ1v) is 3.76. The van der Waals surface area contributed by atoms with Gasteiger partial charge in [-0.1, -0.05) is 6.92 Å². The second kappa shape index (κ2) is 4.59. The highest BCUT2D eigenvalue weighted by Crippen LogP contribution is 2.21. The van der Waals surface area contributed by atoms with Crippen LogP contribution in [0.4, 0.5) is 13.2 Å². The summed E-state index contributed by atoms with van der Waals surface area (Å²) in [5.74, 6) is 0. The summed E-state index contributed by atoms with van der Waals surface area (Å²) < 4.78 is 35.1. The largest absolute Gasteiger partial charge is 0.390 e. The first kappa shape index (κ1) is 10.8. The van der Waals surface area contributed by atoms with Crippen LogP contribution in [-0.2, 0) is 0 Å². The topological polar surface area (TPSA) is 12.0 Å². The van der Waals surface area contributed by atoms with Gasteiger partial charge >= 0.3 is 6.18 Å². The van der Waals surface area contributed by atoms with E-state index < -0.39 is 18.6 Å². The molecule has 0 aromatic heterocycles. The predicted molar refractivity (Wildman–Crippen MR) is 38.4 cm³/mol. The van der Waals surface area contributed by atoms with Crippen LogP contribution in [0.3, 0.4) is 0 Å². The minimum Gasteiger partial charge on any atom is -0.314 e. The number of halogens is 3. The maximum Gasteiger partial charge on any atom is 0.390 e. The van der Waals surface area contributed by atoms with Gasteiger partial charge in [-0.2, -0.15) is 13.2 Å². The van der Waals surface area contributed by atoms with Crippen LogP contribution in [0.1, 0.15) is 26.7 Å². The number of alkyl halides is 3. The second-order valence-corrected chi connectivity index (χ2v) is 2.67. The second-order valence-electron chi connectivity index (χ2n) is 2.67. The molecule has 68 valence electrons. The number of rotatable bonds is 4. The van der Waals surface area contributed by atoms with Crippen molar-refractivity contribution in [3.8, 4) is 0 Å². The molecule has 1 atom stereocenters. The summed E-state index contributed by atoms with van der Waals surface area (Å²) in [4.78, 5) is 0. The summed E-state index contributed by atoms with van der Waals surface area (Å²) in [7, 11) is 0. The van der Waals surface area contributed by atoms with E-state index in [0.29, 0.717) is 6.54 Å². The number of hydrogen-bond acceptors (Lipinski definition) is 1. The Bertz CT molecular complexity index is 100. The molecule has 0 saturated carbocycles. The molecule has 0 aliphatic carbocycles. The molecular formula is C7H14F3N. The predicted octanol–water partition coefficient (Wildman–Crippen LogP) is 2.33. The summed E-state index contributed by atoms with van der Waals surface area (Å²) in [6.07, 6.45) is -3.92. The van der Waals surface area contributed by atoms with Crippen molar-refractivity contribution in [3.05, 3.63) is 0 Å². The van der Waals surface area contributed by atoms with Crippen molar-refractivity contribution in [2.24, 2.45) is 0 Å². The van der Waals surface area contributed by atoms with Gasteiger partial charge in [0.15, 0.2) is 0 Å². The Labute approximate surface area is 65.0 Å². The molecule has 11 heavy (non-hydrogen) atoms. The van der Waals surface area contributed by atoms with Crippen molar-refractivity contribution in [1.29, 1.82) is 0 Å². The third-order valence-corrected chi connectivity index (χ3v) is 1.28. The Kier molecular flexibility index (Phi) is 4.49. The van der Waals surface area contributed by atoms with Gasteiger partial charge in [0.25, 0.3) is 0 Å². The number of hydrogen-bond donors (Lipinski definition) is 1. The van der Waals surface area contributed by atoms with Crippen molar-refractivity contribution >= 4 is 0 Å². The zero-order valence-electron chi connectivity index (χ0n) is 6.83. The molecule has 0 spiro atoms. The van der Waals surface area contributed by atoms with Gasteiger partial charge < -0.3 is 5.32 Å². The quantitative estimate of drug-likeness (QED) is 0.681. The average molecular weight is 169 g/mol. The lowest BCUT2D eigenvalue weighted by molar-refractivity contribution is -0.138. The van der Waals surface area contributed by atoms with Crippen LogP contribution in [0, 0.1) is 0 Å². The van der Waals surface area contributed by atoms with Crippen LogP contribution in [0.5, 0.6) is 0 Å². The van der Waals surface area contributed by atoms with Crippen LogP contribution >= 0.6 is 0 Å². The molecule has 1 nitrogen and oxygen atoms in total. The Morgan fingerprint density at radius 1 is 1.36 bits per heavy atom. The van der Waals surface area contributed by atoms with E-state index in [1.807, 2.05) is 6.92 Å². The van der Waals surface area contributed by atoms with E-state index in [2.05, 4.69) is 5.32 Å². The van der Waals surface area contributed by atoms with E-state index in [1.54, 1.807) is 6.92 Å². The van der Waals surface area contributed by atoms with E-state index >= 15 is 0 Å². The molecule has 0 bridgehead atoms. The first-order chi connectivity index (χ1) is 4.95. The van der Waals surface area contributed by atoms with Crippen LogP contribution in [0.2, 0.25) is 0 Å². The van der Waals surface area contributed by atoms with Crippen molar-refractivity contribution in [2.45, 2.75) is 38.9 Å². The lowest BCUT2D eigenvalue weighted by atomic mass is 10.2. The zero-order valence-corrected chi connectivity index (χ0v) is 6.83. The van der Waals surface area contributed by atoms with E-state index in [9.17, 15) is 13.2 Å². The van der Waals surface area contributed by atoms with Crippen molar-refractivity contribution in [3.63, 3.8) is 0 Å². The van der Waals surface area contributed by atoms with Crippen molar-refractivity contribution in [2.75, 3.05) is 6.54 Å². The standard InChI is InChI=1S/C7H14F3N/c1-3-4-11-6(2)5-7(8,9)10/h6,11H,3-5H2,1-2H3. The first-order valence-electron chi connectivity index (χ1n) is 3.76. The molecule has 0 rings (SSSR count). The van der Waals surface area contributed by atoms with Gasteiger partial charge in [-0.25, -0.2) is 0 Å². The summed E-state index contributed by atoms with van der Waals surface area (Å²) in [6, 6.07) is -0.463. The Morgan fingerprint density at radius 3 is 2.27 bits per heavy atom. The molecule has 0 heterocycles. The smallest absolute Gasteiger partial charge is 0.314 e. The molecule has 0 aromatic carbocycles. The van der Waals surface area contributed by atoms with Crippen molar-refractivity contribution < 1.29 is 13.2 Å². The molecule has 0 fully saturated rings. The van der Waals surface area contributed by atoms with Crippen molar-refractivity contribution in [1.82, 2.24) is 5.32 Å². The van der Waals surface area contributed by atoms with Gasteiger partial charge in [0, 0.05) is 6.04 Å². The van der Waals surface area contributed by atoms with Gasteiger partial charge in [-0.15, -0.1) is 0 Å². The normalized spacial score (nSPS) is 15.0. The fourth-order valence-corrected chi connectivity index (χ4v) is 0.810. The lowest BCUT2D eigenvalue weighted by Crippen LogP contribution is -2.31. The van der Waals surface area contributed by atoms with Gasteiger partial charge in [-0.3, -0.25) is 0 Å². The van der Waals surface area contributed by atoms with E-state index in [0.717, 1.165) is 6.42 Å². The van der Waals surface area contributed by atoms with Gasteiger partial charge in [-0.05, 0) is 19.9 Å². The fourth-order valence-electron chi connectivity index (χ4n) is 0.810. The highest BCUT2D eigenvalue weighted by Gasteiger charge is 2.29. The van der Waals surface area contributed by atoms with Gasteiger partial charge in [0.05, 0.1) is 6.42 Å². The molecule has 0 saturated heterocycles. The van der Waals surface area contributed by atoms with Gasteiger partial charge in [0.2, 0.25) is 0 Å². The average Bonchev–Trinajstić information content (AvgIpc) is 1.79. The van der Waals surface area contributed by atoms with Gasteiger partial charge in [0.1, 0.15) is 0 Å². The van der Waals surface area contributed by atoms with Crippen LogP contribution < -0.4 is 5.32 Å². The van der Waals surface area contributed by atoms with E-state index in [-0.39, 0.29) is 0 Å². The maximum atomic E-state index is 11.7. The fraction of sp³-hybridized carbons (Fsp3) is 1.00.